The molecule has 0 saturated carbocycles. The minimum atomic E-state index is -0.333. The van der Waals surface area contributed by atoms with Crippen LogP contribution in [0.15, 0.2) is 23.2 Å². The zero-order valence-electron chi connectivity index (χ0n) is 12.7. The first-order valence-electron chi connectivity index (χ1n) is 7.03. The third kappa shape index (κ3) is 8.75. The number of hydrogen-bond acceptors (Lipinski definition) is 2. The number of halogens is 2. The molecule has 0 heterocycles. The van der Waals surface area contributed by atoms with Gasteiger partial charge in [0.25, 0.3) is 0 Å². The first kappa shape index (κ1) is 19.9. The van der Waals surface area contributed by atoms with Gasteiger partial charge in [-0.2, -0.15) is 0 Å². The fourth-order valence-corrected chi connectivity index (χ4v) is 1.83. The molecule has 1 aromatic carbocycles. The van der Waals surface area contributed by atoms with E-state index in [-0.39, 0.29) is 29.8 Å². The molecule has 21 heavy (non-hydrogen) atoms. The summed E-state index contributed by atoms with van der Waals surface area (Å²) in [6, 6.07) is 4.52. The van der Waals surface area contributed by atoms with Gasteiger partial charge in [-0.15, -0.1) is 24.0 Å². The number of nitrogens with two attached hydrogens (primary N) is 1. The van der Waals surface area contributed by atoms with Gasteiger partial charge in [0.05, 0.1) is 13.7 Å². The van der Waals surface area contributed by atoms with Crippen LogP contribution in [0, 0.1) is 5.82 Å². The Labute approximate surface area is 143 Å². The van der Waals surface area contributed by atoms with Crippen LogP contribution < -0.4 is 15.8 Å². The minimum absolute atomic E-state index is 0. The van der Waals surface area contributed by atoms with Crippen molar-refractivity contribution >= 4 is 29.9 Å². The van der Waals surface area contributed by atoms with Gasteiger partial charge in [-0.05, 0) is 24.1 Å². The molecule has 0 unspecified atom stereocenters. The highest BCUT2D eigenvalue weighted by molar-refractivity contribution is 14.0. The number of benzene rings is 1. The molecule has 0 aliphatic heterocycles. The zero-order chi connectivity index (χ0) is 14.8. The average Bonchev–Trinajstić information content (AvgIpc) is 2.44. The molecule has 120 valence electrons. The van der Waals surface area contributed by atoms with Crippen LogP contribution >= 0.6 is 24.0 Å². The Hall–Kier alpha value is -1.05. The van der Waals surface area contributed by atoms with Crippen LogP contribution in [0.5, 0.6) is 5.75 Å². The number of unbranched alkanes of at least 4 members (excludes halogenated alkanes) is 3. The van der Waals surface area contributed by atoms with E-state index in [1.165, 1.54) is 38.5 Å². The molecule has 0 bridgehead atoms. The van der Waals surface area contributed by atoms with E-state index in [9.17, 15) is 4.39 Å². The molecule has 0 amide bonds. The second-order valence-electron chi connectivity index (χ2n) is 4.69. The highest BCUT2D eigenvalue weighted by Gasteiger charge is 2.01. The summed E-state index contributed by atoms with van der Waals surface area (Å²) >= 11 is 0. The summed E-state index contributed by atoms with van der Waals surface area (Å²) in [6.07, 6.45) is 4.72. The van der Waals surface area contributed by atoms with Crippen LogP contribution in [-0.2, 0) is 6.54 Å². The Morgan fingerprint density at radius 2 is 2.05 bits per heavy atom. The monoisotopic (exact) mass is 409 g/mol. The summed E-state index contributed by atoms with van der Waals surface area (Å²) in [5, 5.41) is 3.06. The molecule has 0 saturated heterocycles. The topological polar surface area (TPSA) is 59.6 Å². The van der Waals surface area contributed by atoms with E-state index in [4.69, 9.17) is 10.5 Å². The van der Waals surface area contributed by atoms with Crippen molar-refractivity contribution < 1.29 is 9.13 Å². The van der Waals surface area contributed by atoms with Gasteiger partial charge in [0, 0.05) is 12.6 Å². The van der Waals surface area contributed by atoms with Gasteiger partial charge in [-0.3, -0.25) is 0 Å². The fourth-order valence-electron chi connectivity index (χ4n) is 1.83. The summed E-state index contributed by atoms with van der Waals surface area (Å²) in [5.41, 5.74) is 6.49. The van der Waals surface area contributed by atoms with Crippen molar-refractivity contribution in [2.75, 3.05) is 13.7 Å². The number of hydrogen-bond donors (Lipinski definition) is 2. The van der Waals surface area contributed by atoms with Crippen LogP contribution in [0.3, 0.4) is 0 Å². The first-order chi connectivity index (χ1) is 9.65. The lowest BCUT2D eigenvalue weighted by atomic mass is 10.2. The second kappa shape index (κ2) is 11.6. The van der Waals surface area contributed by atoms with E-state index in [1.807, 2.05) is 0 Å². The van der Waals surface area contributed by atoms with Gasteiger partial charge < -0.3 is 15.8 Å². The second-order valence-corrected chi connectivity index (χ2v) is 4.69. The van der Waals surface area contributed by atoms with Crippen LogP contribution in [-0.4, -0.2) is 19.6 Å². The summed E-state index contributed by atoms with van der Waals surface area (Å²) in [4.78, 5) is 4.19. The molecular weight excluding hydrogens is 384 g/mol. The SMILES string of the molecule is CCCCCCNC(N)=NCc1cc(F)cc(OC)c1.I. The molecule has 0 atom stereocenters. The smallest absolute Gasteiger partial charge is 0.188 e. The van der Waals surface area contributed by atoms with Crippen LogP contribution in [0.2, 0.25) is 0 Å². The number of nitrogens with one attached hydrogen (secondary N) is 1. The van der Waals surface area contributed by atoms with Crippen molar-refractivity contribution in [1.29, 1.82) is 0 Å². The lowest BCUT2D eigenvalue weighted by molar-refractivity contribution is 0.410. The molecule has 0 aliphatic carbocycles. The number of ether oxygens (including phenoxy) is 1. The number of aliphatic imine (C=N–C) groups is 1. The van der Waals surface area contributed by atoms with E-state index in [0.29, 0.717) is 18.3 Å². The Morgan fingerprint density at radius 3 is 2.71 bits per heavy atom. The Kier molecular flexibility index (Phi) is 11.0. The van der Waals surface area contributed by atoms with Crippen molar-refractivity contribution in [1.82, 2.24) is 5.32 Å². The normalized spacial score (nSPS) is 10.9. The number of rotatable bonds is 8. The largest absolute Gasteiger partial charge is 0.497 e. The van der Waals surface area contributed by atoms with Crippen LogP contribution in [0.25, 0.3) is 0 Å². The van der Waals surface area contributed by atoms with Gasteiger partial charge in [0.2, 0.25) is 0 Å². The molecule has 0 fully saturated rings. The molecule has 6 heteroatoms. The Morgan fingerprint density at radius 1 is 1.29 bits per heavy atom. The third-order valence-corrected chi connectivity index (χ3v) is 2.94. The van der Waals surface area contributed by atoms with Crippen molar-refractivity contribution in [3.8, 4) is 5.75 Å². The van der Waals surface area contributed by atoms with Gasteiger partial charge >= 0.3 is 0 Å². The molecule has 0 spiro atoms. The Bertz CT molecular complexity index is 441. The van der Waals surface area contributed by atoms with Crippen molar-refractivity contribution in [3.63, 3.8) is 0 Å². The minimum Gasteiger partial charge on any atom is -0.497 e. The predicted molar refractivity (Wildman–Crippen MR) is 95.8 cm³/mol. The summed E-state index contributed by atoms with van der Waals surface area (Å²) in [6.45, 7) is 3.33. The molecule has 0 aromatic heterocycles. The first-order valence-corrected chi connectivity index (χ1v) is 7.03. The highest BCUT2D eigenvalue weighted by Crippen LogP contribution is 2.16. The Balaban J connectivity index is 0.00000400. The molecule has 0 radical (unpaired) electrons. The van der Waals surface area contributed by atoms with Crippen LogP contribution in [0.4, 0.5) is 4.39 Å². The fraction of sp³-hybridized carbons (Fsp3) is 0.533. The average molecular weight is 409 g/mol. The molecule has 1 aromatic rings. The molecule has 4 nitrogen and oxygen atoms in total. The lowest BCUT2D eigenvalue weighted by Gasteiger charge is -2.06. The lowest BCUT2D eigenvalue weighted by Crippen LogP contribution is -2.32. The highest BCUT2D eigenvalue weighted by atomic mass is 127. The maximum atomic E-state index is 13.3. The zero-order valence-corrected chi connectivity index (χ0v) is 15.0. The van der Waals surface area contributed by atoms with Crippen molar-refractivity contribution in [2.24, 2.45) is 10.7 Å². The maximum absolute atomic E-state index is 13.3. The van der Waals surface area contributed by atoms with Gasteiger partial charge in [-0.1, -0.05) is 26.2 Å². The summed E-state index contributed by atoms with van der Waals surface area (Å²) in [7, 11) is 1.51. The number of guanidine groups is 1. The van der Waals surface area contributed by atoms with Crippen LogP contribution in [0.1, 0.15) is 38.2 Å². The molecule has 1 rings (SSSR count). The number of methoxy groups -OCH3 is 1. The van der Waals surface area contributed by atoms with E-state index >= 15 is 0 Å². The van der Waals surface area contributed by atoms with Gasteiger partial charge in [0.15, 0.2) is 5.96 Å². The van der Waals surface area contributed by atoms with Crippen molar-refractivity contribution in [2.45, 2.75) is 39.2 Å². The molecular formula is C15H25FIN3O. The summed E-state index contributed by atoms with van der Waals surface area (Å²) in [5.74, 6) is 0.548. The van der Waals surface area contributed by atoms with Crippen molar-refractivity contribution in [3.05, 3.63) is 29.6 Å². The quantitative estimate of drug-likeness (QED) is 0.299. The predicted octanol–water partition coefficient (Wildman–Crippen LogP) is 3.44. The number of nitrogens with zero attached hydrogens (tertiary/aromatic N) is 1. The van der Waals surface area contributed by atoms with E-state index in [0.717, 1.165) is 18.5 Å². The summed E-state index contributed by atoms with van der Waals surface area (Å²) < 4.78 is 18.3. The van der Waals surface area contributed by atoms with E-state index in [2.05, 4.69) is 17.2 Å². The maximum Gasteiger partial charge on any atom is 0.188 e. The van der Waals surface area contributed by atoms with E-state index < -0.39 is 0 Å². The van der Waals surface area contributed by atoms with E-state index in [1.54, 1.807) is 6.07 Å². The van der Waals surface area contributed by atoms with Gasteiger partial charge in [0.1, 0.15) is 11.6 Å². The van der Waals surface area contributed by atoms with Gasteiger partial charge in [-0.25, -0.2) is 9.38 Å². The third-order valence-electron chi connectivity index (χ3n) is 2.94. The molecule has 0 aliphatic rings. The molecule has 3 N–H and O–H groups in total. The standard InChI is InChI=1S/C15H24FN3O.HI/c1-3-4-5-6-7-18-15(17)19-11-12-8-13(16)10-14(9-12)20-2;/h8-10H,3-7,11H2,1-2H3,(H3,17,18,19);1H.